The number of carbonyl (C=O) groups is 2. The summed E-state index contributed by atoms with van der Waals surface area (Å²) in [6.07, 6.45) is 1.44. The predicted octanol–water partition coefficient (Wildman–Crippen LogP) is 1.96. The second-order valence-electron chi connectivity index (χ2n) is 6.40. The summed E-state index contributed by atoms with van der Waals surface area (Å²) in [6, 6.07) is 13.2. The van der Waals surface area contributed by atoms with Gasteiger partial charge in [-0.2, -0.15) is 0 Å². The van der Waals surface area contributed by atoms with Gasteiger partial charge in [0.2, 0.25) is 5.95 Å². The maximum absolute atomic E-state index is 12.4. The fourth-order valence-electron chi connectivity index (χ4n) is 2.43. The third-order valence-electron chi connectivity index (χ3n) is 3.95. The number of sulfonamides is 1. The molecule has 31 heavy (non-hydrogen) atoms. The van der Waals surface area contributed by atoms with E-state index in [1.165, 1.54) is 42.6 Å². The molecule has 3 aromatic rings. The van der Waals surface area contributed by atoms with Gasteiger partial charge in [-0.15, -0.1) is 0 Å². The Kier molecular flexibility index (Phi) is 6.46. The molecule has 0 saturated carbocycles. The largest absolute Gasteiger partial charge is 0.452 e. The number of nitrogens with one attached hydrogen (secondary N) is 2. The van der Waals surface area contributed by atoms with Crippen molar-refractivity contribution in [1.29, 1.82) is 0 Å². The third kappa shape index (κ3) is 6.00. The van der Waals surface area contributed by atoms with Gasteiger partial charge in [0.1, 0.15) is 0 Å². The van der Waals surface area contributed by atoms with Gasteiger partial charge in [0.25, 0.3) is 15.9 Å². The molecule has 2 aromatic carbocycles. The topological polar surface area (TPSA) is 153 Å². The molecule has 1 amide bonds. The van der Waals surface area contributed by atoms with Crippen LogP contribution in [0, 0.1) is 6.92 Å². The van der Waals surface area contributed by atoms with Crippen molar-refractivity contribution in [2.45, 2.75) is 11.8 Å². The van der Waals surface area contributed by atoms with E-state index >= 15 is 0 Å². The first kappa shape index (κ1) is 21.7. The highest BCUT2D eigenvalue weighted by atomic mass is 32.2. The van der Waals surface area contributed by atoms with Gasteiger partial charge in [-0.05, 0) is 61.5 Å². The molecule has 0 aliphatic heterocycles. The molecule has 11 heteroatoms. The SMILES string of the molecule is Cc1ccnc(NS(=O)(=O)c2ccc(NC(=O)COC(=O)c3ccc(N)cc3)cc2)n1. The molecule has 0 saturated heterocycles. The number of nitrogens with zero attached hydrogens (tertiary/aromatic N) is 2. The van der Waals surface area contributed by atoms with Crippen LogP contribution in [0.5, 0.6) is 0 Å². The number of esters is 1. The van der Waals surface area contributed by atoms with Gasteiger partial charge in [-0.1, -0.05) is 0 Å². The zero-order chi connectivity index (χ0) is 22.4. The van der Waals surface area contributed by atoms with E-state index in [-0.39, 0.29) is 16.4 Å². The fraction of sp³-hybridized carbons (Fsp3) is 0.100. The molecule has 0 aliphatic carbocycles. The van der Waals surface area contributed by atoms with Crippen LogP contribution in [0.15, 0.2) is 65.7 Å². The Hall–Kier alpha value is -3.99. The zero-order valence-electron chi connectivity index (χ0n) is 16.4. The zero-order valence-corrected chi connectivity index (χ0v) is 17.2. The Balaban J connectivity index is 1.56. The number of hydrogen-bond acceptors (Lipinski definition) is 8. The van der Waals surface area contributed by atoms with Crippen molar-refractivity contribution < 1.29 is 22.7 Å². The lowest BCUT2D eigenvalue weighted by Gasteiger charge is -2.09. The fourth-order valence-corrected chi connectivity index (χ4v) is 3.38. The first-order valence-corrected chi connectivity index (χ1v) is 10.5. The minimum atomic E-state index is -3.90. The van der Waals surface area contributed by atoms with E-state index in [0.717, 1.165) is 0 Å². The number of nitrogens with two attached hydrogens (primary N) is 1. The molecular weight excluding hydrogens is 422 g/mol. The summed E-state index contributed by atoms with van der Waals surface area (Å²) in [7, 11) is -3.90. The minimum absolute atomic E-state index is 0.0367. The number of amides is 1. The number of hydrogen-bond donors (Lipinski definition) is 3. The molecule has 0 fully saturated rings. The number of nitrogen functional groups attached to an aromatic ring is 1. The lowest BCUT2D eigenvalue weighted by atomic mass is 10.2. The molecule has 1 heterocycles. The van der Waals surface area contributed by atoms with Crippen LogP contribution in [0.1, 0.15) is 16.1 Å². The molecule has 0 aliphatic rings. The van der Waals surface area contributed by atoms with Gasteiger partial charge < -0.3 is 15.8 Å². The Labute approximate surface area is 178 Å². The molecule has 0 unspecified atom stereocenters. The average Bonchev–Trinajstić information content (AvgIpc) is 2.72. The van der Waals surface area contributed by atoms with Crippen molar-refractivity contribution in [2.24, 2.45) is 0 Å². The second kappa shape index (κ2) is 9.22. The van der Waals surface area contributed by atoms with Gasteiger partial charge in [0.15, 0.2) is 6.61 Å². The van der Waals surface area contributed by atoms with E-state index < -0.39 is 28.5 Å². The number of rotatable bonds is 7. The van der Waals surface area contributed by atoms with Gasteiger partial charge in [-0.3, -0.25) is 4.79 Å². The lowest BCUT2D eigenvalue weighted by molar-refractivity contribution is -0.119. The molecular formula is C20H19N5O5S. The van der Waals surface area contributed by atoms with E-state index in [0.29, 0.717) is 17.1 Å². The van der Waals surface area contributed by atoms with Gasteiger partial charge in [-0.25, -0.2) is 27.9 Å². The number of aryl methyl sites for hydroxylation is 1. The highest BCUT2D eigenvalue weighted by Gasteiger charge is 2.16. The predicted molar refractivity (Wildman–Crippen MR) is 114 cm³/mol. The molecule has 160 valence electrons. The highest BCUT2D eigenvalue weighted by Crippen LogP contribution is 2.16. The van der Waals surface area contributed by atoms with E-state index in [1.54, 1.807) is 25.1 Å². The first-order chi connectivity index (χ1) is 14.7. The van der Waals surface area contributed by atoms with Crippen molar-refractivity contribution in [1.82, 2.24) is 9.97 Å². The van der Waals surface area contributed by atoms with E-state index in [2.05, 4.69) is 20.0 Å². The highest BCUT2D eigenvalue weighted by molar-refractivity contribution is 7.92. The van der Waals surface area contributed by atoms with Crippen LogP contribution in [0.4, 0.5) is 17.3 Å². The Bertz CT molecular complexity index is 1200. The molecule has 0 radical (unpaired) electrons. The molecule has 0 atom stereocenters. The molecule has 0 spiro atoms. The normalized spacial score (nSPS) is 10.9. The maximum atomic E-state index is 12.4. The van der Waals surface area contributed by atoms with Gasteiger partial charge in [0, 0.05) is 23.3 Å². The van der Waals surface area contributed by atoms with Crippen LogP contribution in [-0.2, 0) is 19.6 Å². The molecule has 10 nitrogen and oxygen atoms in total. The van der Waals surface area contributed by atoms with E-state index in [4.69, 9.17) is 10.5 Å². The summed E-state index contributed by atoms with van der Waals surface area (Å²) in [5.74, 6) is -1.29. The summed E-state index contributed by atoms with van der Waals surface area (Å²) in [4.78, 5) is 31.7. The number of ether oxygens (including phenoxy) is 1. The molecule has 4 N–H and O–H groups in total. The van der Waals surface area contributed by atoms with Crippen molar-refractivity contribution >= 4 is 39.2 Å². The Morgan fingerprint density at radius 3 is 2.35 bits per heavy atom. The van der Waals surface area contributed by atoms with Crippen LogP contribution in [-0.4, -0.2) is 36.9 Å². The standard InChI is InChI=1S/C20H19N5O5S/c1-13-10-11-22-20(23-13)25-31(28,29)17-8-6-16(7-9-17)24-18(26)12-30-19(27)14-2-4-15(21)5-3-14/h2-11H,12,21H2,1H3,(H,24,26)(H,22,23,25). The van der Waals surface area contributed by atoms with Crippen LogP contribution in [0.3, 0.4) is 0 Å². The molecule has 0 bridgehead atoms. The van der Waals surface area contributed by atoms with Gasteiger partial charge >= 0.3 is 5.97 Å². The van der Waals surface area contributed by atoms with Crippen LogP contribution in [0.25, 0.3) is 0 Å². The smallest absolute Gasteiger partial charge is 0.338 e. The molecule has 1 aromatic heterocycles. The van der Waals surface area contributed by atoms with Crippen molar-refractivity contribution in [3.63, 3.8) is 0 Å². The second-order valence-corrected chi connectivity index (χ2v) is 8.08. The quantitative estimate of drug-likeness (QED) is 0.371. The monoisotopic (exact) mass is 441 g/mol. The number of aromatic nitrogens is 2. The summed E-state index contributed by atoms with van der Waals surface area (Å²) >= 11 is 0. The average molecular weight is 441 g/mol. The van der Waals surface area contributed by atoms with Crippen molar-refractivity contribution in [2.75, 3.05) is 22.4 Å². The lowest BCUT2D eigenvalue weighted by Crippen LogP contribution is -2.21. The third-order valence-corrected chi connectivity index (χ3v) is 5.29. The summed E-state index contributed by atoms with van der Waals surface area (Å²) in [5.41, 5.74) is 7.27. The Morgan fingerprint density at radius 1 is 1.03 bits per heavy atom. The summed E-state index contributed by atoms with van der Waals surface area (Å²) in [6.45, 7) is 1.21. The van der Waals surface area contributed by atoms with E-state index in [1.807, 2.05) is 0 Å². The number of carbonyl (C=O) groups excluding carboxylic acids is 2. The van der Waals surface area contributed by atoms with Crippen LogP contribution in [0.2, 0.25) is 0 Å². The van der Waals surface area contributed by atoms with Crippen molar-refractivity contribution in [3.05, 3.63) is 72.1 Å². The van der Waals surface area contributed by atoms with Crippen molar-refractivity contribution in [3.8, 4) is 0 Å². The number of benzene rings is 2. The Morgan fingerprint density at radius 2 is 1.71 bits per heavy atom. The number of anilines is 3. The first-order valence-electron chi connectivity index (χ1n) is 8.98. The maximum Gasteiger partial charge on any atom is 0.338 e. The minimum Gasteiger partial charge on any atom is -0.452 e. The van der Waals surface area contributed by atoms with Crippen LogP contribution >= 0.6 is 0 Å². The van der Waals surface area contributed by atoms with Gasteiger partial charge in [0.05, 0.1) is 10.5 Å². The summed E-state index contributed by atoms with van der Waals surface area (Å²) < 4.78 is 32.1. The summed E-state index contributed by atoms with van der Waals surface area (Å²) in [5, 5.41) is 2.52. The van der Waals surface area contributed by atoms with E-state index in [9.17, 15) is 18.0 Å². The molecule has 3 rings (SSSR count). The van der Waals surface area contributed by atoms with Crippen LogP contribution < -0.4 is 15.8 Å².